The molecule has 2 N–H and O–H groups in total. The van der Waals surface area contributed by atoms with Crippen molar-refractivity contribution < 1.29 is 13.5 Å². The zero-order valence-corrected chi connectivity index (χ0v) is 23.1. The molecule has 8 heteroatoms. The molecule has 2 aromatic heterocycles. The van der Waals surface area contributed by atoms with E-state index >= 15 is 0 Å². The lowest BCUT2D eigenvalue weighted by Gasteiger charge is -2.35. The Morgan fingerprint density at radius 2 is 1.55 bits per heavy atom. The smallest absolute Gasteiger partial charge is 0.175 e. The molecule has 0 amide bonds. The van der Waals surface area contributed by atoms with Gasteiger partial charge in [0.25, 0.3) is 0 Å². The number of pyridine rings is 1. The molecular weight excluding hydrogens is 496 g/mol. The molecule has 0 unspecified atom stereocenters. The van der Waals surface area contributed by atoms with Crippen LogP contribution in [0.5, 0.6) is 0 Å². The standard InChI is InChI=1S/C30H36N4O3S/c1-30(2,35)12-13-33-14-16-34(17-15-33)21-22-4-6-23(7-5-22)27-19-29-25(20-31-27)18-28(32-29)24-8-10-26(11-9-24)38(3,36)37/h4-11,18-20,32,35H,12-17,21H2,1-3H3. The number of hydrogen-bond donors (Lipinski definition) is 2. The van der Waals surface area contributed by atoms with Crippen LogP contribution in [0.3, 0.4) is 0 Å². The molecule has 7 nitrogen and oxygen atoms in total. The number of sulfone groups is 1. The van der Waals surface area contributed by atoms with Gasteiger partial charge in [0.1, 0.15) is 0 Å². The van der Waals surface area contributed by atoms with Crippen LogP contribution in [0.25, 0.3) is 33.4 Å². The Bertz CT molecular complexity index is 1500. The lowest BCUT2D eigenvalue weighted by Crippen LogP contribution is -2.47. The summed E-state index contributed by atoms with van der Waals surface area (Å²) in [5.74, 6) is 0. The van der Waals surface area contributed by atoms with E-state index in [1.54, 1.807) is 12.1 Å². The van der Waals surface area contributed by atoms with Gasteiger partial charge in [-0.3, -0.25) is 9.88 Å². The van der Waals surface area contributed by atoms with Crippen LogP contribution in [0.4, 0.5) is 0 Å². The zero-order valence-electron chi connectivity index (χ0n) is 22.3. The summed E-state index contributed by atoms with van der Waals surface area (Å²) in [5, 5.41) is 11.0. The van der Waals surface area contributed by atoms with E-state index in [4.69, 9.17) is 0 Å². The van der Waals surface area contributed by atoms with E-state index in [0.29, 0.717) is 4.90 Å². The molecule has 200 valence electrons. The second-order valence-corrected chi connectivity index (χ2v) is 13.0. The number of nitrogens with zero attached hydrogens (tertiary/aromatic N) is 3. The first-order valence-corrected chi connectivity index (χ1v) is 15.0. The van der Waals surface area contributed by atoms with E-state index in [0.717, 1.165) is 79.1 Å². The molecule has 0 saturated carbocycles. The van der Waals surface area contributed by atoms with Gasteiger partial charge in [-0.2, -0.15) is 0 Å². The van der Waals surface area contributed by atoms with Crippen molar-refractivity contribution in [3.8, 4) is 22.5 Å². The summed E-state index contributed by atoms with van der Waals surface area (Å²) in [7, 11) is -3.22. The first-order valence-electron chi connectivity index (χ1n) is 13.1. The topological polar surface area (TPSA) is 89.5 Å². The fraction of sp³-hybridized carbons (Fsp3) is 0.367. The van der Waals surface area contributed by atoms with Gasteiger partial charge < -0.3 is 15.0 Å². The monoisotopic (exact) mass is 532 g/mol. The summed E-state index contributed by atoms with van der Waals surface area (Å²) in [4.78, 5) is 13.4. The van der Waals surface area contributed by atoms with Gasteiger partial charge in [-0.1, -0.05) is 36.4 Å². The number of fused-ring (bicyclic) bond motifs is 1. The third-order valence-corrected chi connectivity index (χ3v) is 8.39. The van der Waals surface area contributed by atoms with Crippen molar-refractivity contribution in [1.82, 2.24) is 19.8 Å². The van der Waals surface area contributed by atoms with Crippen LogP contribution < -0.4 is 0 Å². The quantitative estimate of drug-likeness (QED) is 0.345. The maximum Gasteiger partial charge on any atom is 0.175 e. The summed E-state index contributed by atoms with van der Waals surface area (Å²) >= 11 is 0. The molecule has 0 spiro atoms. The molecule has 3 heterocycles. The van der Waals surface area contributed by atoms with Gasteiger partial charge in [-0.15, -0.1) is 0 Å². The van der Waals surface area contributed by atoms with Crippen LogP contribution in [0.2, 0.25) is 0 Å². The molecule has 0 atom stereocenters. The predicted octanol–water partition coefficient (Wildman–Crippen LogP) is 4.58. The molecule has 1 aliphatic rings. The second kappa shape index (κ2) is 10.6. The van der Waals surface area contributed by atoms with Gasteiger partial charge >= 0.3 is 0 Å². The van der Waals surface area contributed by atoms with Crippen LogP contribution in [0, 0.1) is 0 Å². The van der Waals surface area contributed by atoms with Gasteiger partial charge in [-0.05, 0) is 55.7 Å². The number of aromatic amines is 1. The van der Waals surface area contributed by atoms with E-state index < -0.39 is 15.4 Å². The maximum absolute atomic E-state index is 11.7. The molecule has 0 bridgehead atoms. The Balaban J connectivity index is 1.22. The molecule has 0 radical (unpaired) electrons. The number of nitrogens with one attached hydrogen (secondary N) is 1. The SMILES string of the molecule is CC(C)(O)CCN1CCN(Cc2ccc(-c3cc4[nH]c(-c5ccc(S(C)(=O)=O)cc5)cc4cn3)cc2)CC1. The summed E-state index contributed by atoms with van der Waals surface area (Å²) in [5.41, 5.74) is 5.51. The summed E-state index contributed by atoms with van der Waals surface area (Å²) in [6.45, 7) is 9.79. The van der Waals surface area contributed by atoms with E-state index in [1.165, 1.54) is 11.8 Å². The summed E-state index contributed by atoms with van der Waals surface area (Å²) in [6.07, 6.45) is 3.89. The van der Waals surface area contributed by atoms with E-state index in [-0.39, 0.29) is 0 Å². The molecule has 38 heavy (non-hydrogen) atoms. The molecule has 0 aliphatic carbocycles. The first-order chi connectivity index (χ1) is 18.0. The molecule has 1 saturated heterocycles. The van der Waals surface area contributed by atoms with Gasteiger partial charge in [-0.25, -0.2) is 8.42 Å². The zero-order chi connectivity index (χ0) is 26.9. The van der Waals surface area contributed by atoms with Crippen LogP contribution >= 0.6 is 0 Å². The Morgan fingerprint density at radius 3 is 2.18 bits per heavy atom. The van der Waals surface area contributed by atoms with Gasteiger partial charge in [0.15, 0.2) is 9.84 Å². The van der Waals surface area contributed by atoms with Crippen LogP contribution in [0.1, 0.15) is 25.8 Å². The number of benzene rings is 2. The summed E-state index contributed by atoms with van der Waals surface area (Å²) < 4.78 is 23.5. The average molecular weight is 533 g/mol. The van der Waals surface area contributed by atoms with Crippen LogP contribution in [-0.2, 0) is 16.4 Å². The van der Waals surface area contributed by atoms with Crippen molar-refractivity contribution in [3.63, 3.8) is 0 Å². The van der Waals surface area contributed by atoms with Crippen LogP contribution in [-0.4, -0.2) is 77.9 Å². The van der Waals surface area contributed by atoms with Crippen molar-refractivity contribution in [2.75, 3.05) is 39.0 Å². The van der Waals surface area contributed by atoms with Gasteiger partial charge in [0.2, 0.25) is 0 Å². The molecule has 4 aromatic rings. The first kappa shape index (κ1) is 26.6. The number of hydrogen-bond acceptors (Lipinski definition) is 6. The predicted molar refractivity (Wildman–Crippen MR) is 153 cm³/mol. The highest BCUT2D eigenvalue weighted by Gasteiger charge is 2.20. The van der Waals surface area contributed by atoms with Crippen molar-refractivity contribution in [2.45, 2.75) is 37.3 Å². The summed E-state index contributed by atoms with van der Waals surface area (Å²) in [6, 6.07) is 19.7. The van der Waals surface area contributed by atoms with Crippen molar-refractivity contribution in [1.29, 1.82) is 0 Å². The lowest BCUT2D eigenvalue weighted by atomic mass is 10.1. The third kappa shape index (κ3) is 6.50. The number of piperazine rings is 1. The average Bonchev–Trinajstić information content (AvgIpc) is 3.31. The molecule has 1 fully saturated rings. The molecule has 1 aliphatic heterocycles. The minimum absolute atomic E-state index is 0.314. The van der Waals surface area contributed by atoms with Gasteiger partial charge in [0, 0.05) is 73.9 Å². The minimum Gasteiger partial charge on any atom is -0.390 e. The second-order valence-electron chi connectivity index (χ2n) is 11.0. The van der Waals surface area contributed by atoms with Crippen molar-refractivity contribution >= 4 is 20.7 Å². The van der Waals surface area contributed by atoms with Crippen LogP contribution in [0.15, 0.2) is 71.8 Å². The van der Waals surface area contributed by atoms with Crippen molar-refractivity contribution in [3.05, 3.63) is 72.4 Å². The number of H-pyrrole nitrogens is 1. The fourth-order valence-corrected chi connectivity index (χ4v) is 5.49. The Labute approximate surface area is 225 Å². The highest BCUT2D eigenvalue weighted by Crippen LogP contribution is 2.28. The highest BCUT2D eigenvalue weighted by molar-refractivity contribution is 7.90. The van der Waals surface area contributed by atoms with E-state index in [2.05, 4.69) is 50.1 Å². The normalized spacial score (nSPS) is 15.8. The molecular formula is C30H36N4O3S. The number of aliphatic hydroxyl groups is 1. The highest BCUT2D eigenvalue weighted by atomic mass is 32.2. The maximum atomic E-state index is 11.7. The Kier molecular flexibility index (Phi) is 7.42. The fourth-order valence-electron chi connectivity index (χ4n) is 4.86. The lowest BCUT2D eigenvalue weighted by molar-refractivity contribution is 0.0467. The molecule has 5 rings (SSSR count). The Hall–Kier alpha value is -3.04. The minimum atomic E-state index is -3.22. The van der Waals surface area contributed by atoms with E-state index in [9.17, 15) is 13.5 Å². The van der Waals surface area contributed by atoms with Crippen molar-refractivity contribution in [2.24, 2.45) is 0 Å². The number of aromatic nitrogens is 2. The third-order valence-electron chi connectivity index (χ3n) is 7.26. The number of rotatable bonds is 8. The van der Waals surface area contributed by atoms with Gasteiger partial charge in [0.05, 0.1) is 16.2 Å². The molecule has 2 aromatic carbocycles. The largest absolute Gasteiger partial charge is 0.390 e. The Morgan fingerprint density at radius 1 is 0.921 bits per heavy atom. The van der Waals surface area contributed by atoms with E-state index in [1.807, 2.05) is 38.2 Å².